The van der Waals surface area contributed by atoms with E-state index in [4.69, 9.17) is 21.1 Å². The Morgan fingerprint density at radius 2 is 2.00 bits per heavy atom. The van der Waals surface area contributed by atoms with Crippen molar-refractivity contribution in [3.05, 3.63) is 64.9 Å². The molecule has 0 aliphatic rings. The standard InChI is InChI=1S/C16H12ClNO3/c17-12-3-1-2-4-13(12)18-9-10-5-6-14-11(7-10)8-15(21-14)16(19)20/h1-8,18H,9H2,(H,19,20). The molecule has 0 unspecified atom stereocenters. The first kappa shape index (κ1) is 13.5. The zero-order valence-corrected chi connectivity index (χ0v) is 11.7. The molecule has 0 aliphatic carbocycles. The van der Waals surface area contributed by atoms with E-state index in [1.807, 2.05) is 36.4 Å². The van der Waals surface area contributed by atoms with Gasteiger partial charge in [0.15, 0.2) is 0 Å². The van der Waals surface area contributed by atoms with Crippen LogP contribution in [0.2, 0.25) is 5.02 Å². The number of anilines is 1. The van der Waals surface area contributed by atoms with Gasteiger partial charge in [-0.05, 0) is 35.9 Å². The van der Waals surface area contributed by atoms with Crippen LogP contribution in [0.1, 0.15) is 16.1 Å². The van der Waals surface area contributed by atoms with Crippen molar-refractivity contribution in [2.75, 3.05) is 5.32 Å². The molecule has 0 radical (unpaired) electrons. The quantitative estimate of drug-likeness (QED) is 0.750. The molecule has 4 nitrogen and oxygen atoms in total. The number of para-hydroxylation sites is 1. The molecule has 0 amide bonds. The van der Waals surface area contributed by atoms with Gasteiger partial charge in [-0.1, -0.05) is 29.8 Å². The summed E-state index contributed by atoms with van der Waals surface area (Å²) in [5.74, 6) is -1.12. The fourth-order valence-electron chi connectivity index (χ4n) is 2.11. The monoisotopic (exact) mass is 301 g/mol. The molecule has 21 heavy (non-hydrogen) atoms. The summed E-state index contributed by atoms with van der Waals surface area (Å²) in [6.45, 7) is 0.591. The Kier molecular flexibility index (Phi) is 3.54. The van der Waals surface area contributed by atoms with E-state index >= 15 is 0 Å². The van der Waals surface area contributed by atoms with E-state index in [0.29, 0.717) is 17.2 Å². The second kappa shape index (κ2) is 5.50. The van der Waals surface area contributed by atoms with E-state index < -0.39 is 5.97 Å². The highest BCUT2D eigenvalue weighted by Gasteiger charge is 2.10. The third kappa shape index (κ3) is 2.85. The molecule has 0 spiro atoms. The molecule has 0 saturated carbocycles. The minimum absolute atomic E-state index is 0.0544. The fraction of sp³-hybridized carbons (Fsp3) is 0.0625. The zero-order valence-electron chi connectivity index (χ0n) is 11.0. The zero-order chi connectivity index (χ0) is 14.8. The molecule has 2 aromatic carbocycles. The summed E-state index contributed by atoms with van der Waals surface area (Å²) in [5, 5.41) is 13.6. The molecule has 5 heteroatoms. The number of nitrogens with one attached hydrogen (secondary N) is 1. The summed E-state index contributed by atoms with van der Waals surface area (Å²) < 4.78 is 5.23. The molecular formula is C16H12ClNO3. The van der Waals surface area contributed by atoms with Crippen molar-refractivity contribution in [3.8, 4) is 0 Å². The molecule has 0 aliphatic heterocycles. The number of carboxylic acid groups (broad SMARTS) is 1. The van der Waals surface area contributed by atoms with Gasteiger partial charge in [0.2, 0.25) is 5.76 Å². The van der Waals surface area contributed by atoms with Crippen molar-refractivity contribution in [1.82, 2.24) is 0 Å². The van der Waals surface area contributed by atoms with Crippen LogP contribution in [0.4, 0.5) is 5.69 Å². The van der Waals surface area contributed by atoms with Gasteiger partial charge in [0.1, 0.15) is 5.58 Å². The number of fused-ring (bicyclic) bond motifs is 1. The van der Waals surface area contributed by atoms with Gasteiger partial charge in [-0.15, -0.1) is 0 Å². The number of rotatable bonds is 4. The molecule has 106 valence electrons. The van der Waals surface area contributed by atoms with Crippen LogP contribution in [0.15, 0.2) is 52.9 Å². The Balaban J connectivity index is 1.81. The predicted molar refractivity (Wildman–Crippen MR) is 82.0 cm³/mol. The molecule has 0 atom stereocenters. The van der Waals surface area contributed by atoms with Gasteiger partial charge < -0.3 is 14.8 Å². The topological polar surface area (TPSA) is 62.5 Å². The maximum Gasteiger partial charge on any atom is 0.371 e. The van der Waals surface area contributed by atoms with Gasteiger partial charge in [0, 0.05) is 11.9 Å². The van der Waals surface area contributed by atoms with E-state index in [1.54, 1.807) is 6.07 Å². The van der Waals surface area contributed by atoms with Gasteiger partial charge >= 0.3 is 5.97 Å². The van der Waals surface area contributed by atoms with Gasteiger partial charge in [-0.3, -0.25) is 0 Å². The molecule has 0 bridgehead atoms. The Hall–Kier alpha value is -2.46. The van der Waals surface area contributed by atoms with Crippen molar-refractivity contribution < 1.29 is 14.3 Å². The van der Waals surface area contributed by atoms with Crippen LogP contribution < -0.4 is 5.32 Å². The summed E-state index contributed by atoms with van der Waals surface area (Å²) in [7, 11) is 0. The molecule has 0 fully saturated rings. The van der Waals surface area contributed by atoms with Crippen molar-refractivity contribution >= 4 is 34.2 Å². The van der Waals surface area contributed by atoms with Crippen molar-refractivity contribution in [2.24, 2.45) is 0 Å². The molecular weight excluding hydrogens is 290 g/mol. The van der Waals surface area contributed by atoms with Gasteiger partial charge in [-0.25, -0.2) is 4.79 Å². The number of furan rings is 1. The first-order valence-electron chi connectivity index (χ1n) is 6.37. The van der Waals surface area contributed by atoms with Crippen LogP contribution in [-0.2, 0) is 6.54 Å². The maximum atomic E-state index is 10.9. The second-order valence-corrected chi connectivity index (χ2v) is 5.03. The Morgan fingerprint density at radius 3 is 2.76 bits per heavy atom. The minimum atomic E-state index is -1.07. The first-order valence-corrected chi connectivity index (χ1v) is 6.75. The number of hydrogen-bond donors (Lipinski definition) is 2. The molecule has 2 N–H and O–H groups in total. The number of carbonyl (C=O) groups is 1. The Morgan fingerprint density at radius 1 is 1.19 bits per heavy atom. The predicted octanol–water partition coefficient (Wildman–Crippen LogP) is 4.40. The molecule has 1 aromatic heterocycles. The lowest BCUT2D eigenvalue weighted by molar-refractivity contribution is 0.0665. The highest BCUT2D eigenvalue weighted by Crippen LogP contribution is 2.23. The van der Waals surface area contributed by atoms with E-state index in [-0.39, 0.29) is 5.76 Å². The van der Waals surface area contributed by atoms with Crippen molar-refractivity contribution in [2.45, 2.75) is 6.54 Å². The third-order valence-electron chi connectivity index (χ3n) is 3.15. The molecule has 3 rings (SSSR count). The Bertz CT molecular complexity index is 810. The van der Waals surface area contributed by atoms with E-state index in [0.717, 1.165) is 16.6 Å². The number of benzene rings is 2. The van der Waals surface area contributed by atoms with Crippen LogP contribution in [0.5, 0.6) is 0 Å². The summed E-state index contributed by atoms with van der Waals surface area (Å²) in [6, 6.07) is 14.6. The number of halogens is 1. The fourth-order valence-corrected chi connectivity index (χ4v) is 2.31. The third-order valence-corrected chi connectivity index (χ3v) is 3.48. The van der Waals surface area contributed by atoms with E-state index in [1.165, 1.54) is 6.07 Å². The largest absolute Gasteiger partial charge is 0.475 e. The van der Waals surface area contributed by atoms with E-state index in [2.05, 4.69) is 5.32 Å². The highest BCUT2D eigenvalue weighted by molar-refractivity contribution is 6.33. The summed E-state index contributed by atoms with van der Waals surface area (Å²) >= 11 is 6.08. The first-order chi connectivity index (χ1) is 10.1. The average molecular weight is 302 g/mol. The van der Waals surface area contributed by atoms with Gasteiger partial charge in [-0.2, -0.15) is 0 Å². The van der Waals surface area contributed by atoms with Crippen LogP contribution in [0, 0.1) is 0 Å². The molecule has 3 aromatic rings. The van der Waals surface area contributed by atoms with Crippen LogP contribution in [0.3, 0.4) is 0 Å². The van der Waals surface area contributed by atoms with E-state index in [9.17, 15) is 4.79 Å². The average Bonchev–Trinajstić information content (AvgIpc) is 2.90. The minimum Gasteiger partial charge on any atom is -0.475 e. The second-order valence-electron chi connectivity index (χ2n) is 4.62. The lowest BCUT2D eigenvalue weighted by atomic mass is 10.1. The van der Waals surface area contributed by atoms with Crippen molar-refractivity contribution in [3.63, 3.8) is 0 Å². The summed E-state index contributed by atoms with van der Waals surface area (Å²) in [4.78, 5) is 10.9. The highest BCUT2D eigenvalue weighted by atomic mass is 35.5. The SMILES string of the molecule is O=C(O)c1cc2cc(CNc3ccccc3Cl)ccc2o1. The number of aromatic carboxylic acids is 1. The normalized spacial score (nSPS) is 10.7. The lowest BCUT2D eigenvalue weighted by Crippen LogP contribution is -1.99. The van der Waals surface area contributed by atoms with Crippen LogP contribution >= 0.6 is 11.6 Å². The van der Waals surface area contributed by atoms with Crippen molar-refractivity contribution in [1.29, 1.82) is 0 Å². The molecule has 0 saturated heterocycles. The summed E-state index contributed by atoms with van der Waals surface area (Å²) in [5.41, 5.74) is 2.44. The number of hydrogen-bond acceptors (Lipinski definition) is 3. The van der Waals surface area contributed by atoms with Crippen LogP contribution in [-0.4, -0.2) is 11.1 Å². The maximum absolute atomic E-state index is 10.9. The lowest BCUT2D eigenvalue weighted by Gasteiger charge is -2.08. The summed E-state index contributed by atoms with van der Waals surface area (Å²) in [6.07, 6.45) is 0. The number of carboxylic acids is 1. The van der Waals surface area contributed by atoms with Gasteiger partial charge in [0.25, 0.3) is 0 Å². The van der Waals surface area contributed by atoms with Gasteiger partial charge in [0.05, 0.1) is 10.7 Å². The molecule has 1 heterocycles. The smallest absolute Gasteiger partial charge is 0.371 e. The van der Waals surface area contributed by atoms with Crippen LogP contribution in [0.25, 0.3) is 11.0 Å². The Labute approximate surface area is 126 Å².